The van der Waals surface area contributed by atoms with Crippen molar-refractivity contribution in [1.82, 2.24) is 10.2 Å². The van der Waals surface area contributed by atoms with Gasteiger partial charge in [-0.3, -0.25) is 9.59 Å². The van der Waals surface area contributed by atoms with Gasteiger partial charge in [0.05, 0.1) is 11.2 Å². The molecule has 0 aliphatic heterocycles. The lowest BCUT2D eigenvalue weighted by atomic mass is 10.00. The Labute approximate surface area is 139 Å². The van der Waals surface area contributed by atoms with Crippen molar-refractivity contribution in [3.05, 3.63) is 64.8 Å². The van der Waals surface area contributed by atoms with Gasteiger partial charge in [-0.2, -0.15) is 0 Å². The second-order valence-electron chi connectivity index (χ2n) is 5.72. The minimum absolute atomic E-state index is 0.151. The Morgan fingerprint density at radius 3 is 2.25 bits per heavy atom. The molecular formula is C19H17N3O2. The molecule has 3 rings (SSSR count). The smallest absolute Gasteiger partial charge is 0.221 e. The molecule has 0 aliphatic carbocycles. The fourth-order valence-corrected chi connectivity index (χ4v) is 2.69. The molecular weight excluding hydrogens is 302 g/mol. The number of hydrogen-bond acceptors (Lipinski definition) is 4. The molecule has 0 unspecified atom stereocenters. The summed E-state index contributed by atoms with van der Waals surface area (Å²) in [5, 5.41) is 11.9. The molecule has 0 aliphatic rings. The van der Waals surface area contributed by atoms with Gasteiger partial charge in [-0.25, -0.2) is 0 Å². The first-order valence-electron chi connectivity index (χ1n) is 7.63. The normalized spacial score (nSPS) is 10.6. The summed E-state index contributed by atoms with van der Waals surface area (Å²) in [6.07, 6.45) is 0. The highest BCUT2D eigenvalue weighted by Gasteiger charge is 2.21. The van der Waals surface area contributed by atoms with E-state index in [4.69, 9.17) is 0 Å². The van der Waals surface area contributed by atoms with E-state index in [1.807, 2.05) is 32.0 Å². The summed E-state index contributed by atoms with van der Waals surface area (Å²) >= 11 is 0. The van der Waals surface area contributed by atoms with E-state index in [1.165, 1.54) is 6.92 Å². The van der Waals surface area contributed by atoms with Gasteiger partial charge in [0.2, 0.25) is 11.7 Å². The van der Waals surface area contributed by atoms with E-state index < -0.39 is 0 Å². The van der Waals surface area contributed by atoms with Gasteiger partial charge in [-0.15, -0.1) is 10.2 Å². The minimum atomic E-state index is -0.269. The molecule has 5 heteroatoms. The molecule has 1 N–H and O–H groups in total. The number of aryl methyl sites for hydroxylation is 2. The van der Waals surface area contributed by atoms with Gasteiger partial charge in [-0.05, 0) is 25.0 Å². The summed E-state index contributed by atoms with van der Waals surface area (Å²) < 4.78 is 0. The van der Waals surface area contributed by atoms with Gasteiger partial charge in [-0.1, -0.05) is 42.5 Å². The minimum Gasteiger partial charge on any atom is -0.324 e. The molecule has 3 aromatic rings. The monoisotopic (exact) mass is 319 g/mol. The van der Waals surface area contributed by atoms with Crippen LogP contribution in [0.5, 0.6) is 0 Å². The predicted octanol–water partition coefficient (Wildman–Crippen LogP) is 3.44. The van der Waals surface area contributed by atoms with Crippen LogP contribution in [0.2, 0.25) is 0 Å². The van der Waals surface area contributed by atoms with Crippen LogP contribution in [0, 0.1) is 13.8 Å². The molecule has 1 heterocycles. The standard InChI is InChI=1S/C19H17N3O2/c1-11-9-10-12(2)16-15(11)17(20-13(3)23)18(22-21-16)19(24)14-7-5-4-6-8-14/h4-10H,1-3H3,(H,20,21,23). The molecule has 1 aromatic heterocycles. The van der Waals surface area contributed by atoms with E-state index in [2.05, 4.69) is 15.5 Å². The number of rotatable bonds is 3. The lowest BCUT2D eigenvalue weighted by molar-refractivity contribution is -0.114. The third kappa shape index (κ3) is 2.76. The number of ketones is 1. The van der Waals surface area contributed by atoms with E-state index in [0.29, 0.717) is 16.8 Å². The van der Waals surface area contributed by atoms with Gasteiger partial charge >= 0.3 is 0 Å². The highest BCUT2D eigenvalue weighted by Crippen LogP contribution is 2.30. The molecule has 120 valence electrons. The third-order valence-electron chi connectivity index (χ3n) is 3.88. The molecule has 0 atom stereocenters. The van der Waals surface area contributed by atoms with E-state index in [1.54, 1.807) is 24.3 Å². The number of carbonyl (C=O) groups is 2. The van der Waals surface area contributed by atoms with Gasteiger partial charge in [0.1, 0.15) is 0 Å². The Balaban J connectivity index is 2.30. The first kappa shape index (κ1) is 15.8. The van der Waals surface area contributed by atoms with Crippen molar-refractivity contribution >= 4 is 28.3 Å². The Kier molecular flexibility index (Phi) is 4.08. The fourth-order valence-electron chi connectivity index (χ4n) is 2.69. The van der Waals surface area contributed by atoms with Gasteiger partial charge in [0.15, 0.2) is 5.69 Å². The average molecular weight is 319 g/mol. The topological polar surface area (TPSA) is 72.0 Å². The molecule has 0 bridgehead atoms. The van der Waals surface area contributed by atoms with Crippen LogP contribution in [-0.4, -0.2) is 21.9 Å². The number of fused-ring (bicyclic) bond motifs is 1. The van der Waals surface area contributed by atoms with E-state index >= 15 is 0 Å². The summed E-state index contributed by atoms with van der Waals surface area (Å²) in [5.41, 5.74) is 3.62. The number of hydrogen-bond donors (Lipinski definition) is 1. The number of anilines is 1. The van der Waals surface area contributed by atoms with Crippen LogP contribution < -0.4 is 5.32 Å². The zero-order chi connectivity index (χ0) is 17.3. The molecule has 2 aromatic carbocycles. The van der Waals surface area contributed by atoms with E-state index in [0.717, 1.165) is 16.5 Å². The molecule has 0 saturated heterocycles. The highest BCUT2D eigenvalue weighted by molar-refractivity contribution is 6.17. The molecule has 0 radical (unpaired) electrons. The summed E-state index contributed by atoms with van der Waals surface area (Å²) in [4.78, 5) is 24.5. The number of benzene rings is 2. The number of nitrogens with one attached hydrogen (secondary N) is 1. The van der Waals surface area contributed by atoms with Gasteiger partial charge in [0.25, 0.3) is 0 Å². The van der Waals surface area contributed by atoms with Crippen molar-refractivity contribution in [3.63, 3.8) is 0 Å². The Hall–Kier alpha value is -3.08. The van der Waals surface area contributed by atoms with Crippen molar-refractivity contribution in [2.75, 3.05) is 5.32 Å². The lowest BCUT2D eigenvalue weighted by Gasteiger charge is -2.14. The molecule has 0 spiro atoms. The summed E-state index contributed by atoms with van der Waals surface area (Å²) in [7, 11) is 0. The average Bonchev–Trinajstić information content (AvgIpc) is 2.58. The third-order valence-corrected chi connectivity index (χ3v) is 3.88. The molecule has 0 saturated carbocycles. The fraction of sp³-hybridized carbons (Fsp3) is 0.158. The van der Waals surface area contributed by atoms with Crippen LogP contribution in [0.3, 0.4) is 0 Å². The van der Waals surface area contributed by atoms with Crippen LogP contribution in [0.4, 0.5) is 5.69 Å². The largest absolute Gasteiger partial charge is 0.324 e. The van der Waals surface area contributed by atoms with Crippen molar-refractivity contribution < 1.29 is 9.59 Å². The second kappa shape index (κ2) is 6.20. The van der Waals surface area contributed by atoms with E-state index in [-0.39, 0.29) is 17.4 Å². The van der Waals surface area contributed by atoms with Gasteiger partial charge < -0.3 is 5.32 Å². The maximum Gasteiger partial charge on any atom is 0.221 e. The van der Waals surface area contributed by atoms with Crippen LogP contribution in [-0.2, 0) is 4.79 Å². The Morgan fingerprint density at radius 2 is 1.58 bits per heavy atom. The van der Waals surface area contributed by atoms with Crippen LogP contribution in [0.25, 0.3) is 10.9 Å². The molecule has 1 amide bonds. The van der Waals surface area contributed by atoms with Crippen molar-refractivity contribution in [2.45, 2.75) is 20.8 Å². The maximum atomic E-state index is 12.8. The van der Waals surface area contributed by atoms with Crippen molar-refractivity contribution in [1.29, 1.82) is 0 Å². The van der Waals surface area contributed by atoms with Crippen molar-refractivity contribution in [2.24, 2.45) is 0 Å². The Morgan fingerprint density at radius 1 is 0.917 bits per heavy atom. The SMILES string of the molecule is CC(=O)Nc1c(C(=O)c2ccccc2)nnc2c(C)ccc(C)c12. The molecule has 24 heavy (non-hydrogen) atoms. The summed E-state index contributed by atoms with van der Waals surface area (Å²) in [6.45, 7) is 5.26. The molecule has 5 nitrogen and oxygen atoms in total. The lowest BCUT2D eigenvalue weighted by Crippen LogP contribution is -2.15. The number of amides is 1. The zero-order valence-corrected chi connectivity index (χ0v) is 13.8. The molecule has 0 fully saturated rings. The Bertz CT molecular complexity index is 950. The number of aromatic nitrogens is 2. The van der Waals surface area contributed by atoms with Crippen LogP contribution in [0.1, 0.15) is 34.1 Å². The van der Waals surface area contributed by atoms with Gasteiger partial charge in [0, 0.05) is 17.9 Å². The predicted molar refractivity (Wildman–Crippen MR) is 93.2 cm³/mol. The van der Waals surface area contributed by atoms with E-state index in [9.17, 15) is 9.59 Å². The maximum absolute atomic E-state index is 12.8. The summed E-state index contributed by atoms with van der Waals surface area (Å²) in [5.74, 6) is -0.526. The second-order valence-corrected chi connectivity index (χ2v) is 5.72. The number of nitrogens with zero attached hydrogens (tertiary/aromatic N) is 2. The highest BCUT2D eigenvalue weighted by atomic mass is 16.1. The quantitative estimate of drug-likeness (QED) is 0.751. The van der Waals surface area contributed by atoms with Crippen molar-refractivity contribution in [3.8, 4) is 0 Å². The van der Waals surface area contributed by atoms with Crippen LogP contribution in [0.15, 0.2) is 42.5 Å². The first-order chi connectivity index (χ1) is 11.5. The number of carbonyl (C=O) groups excluding carboxylic acids is 2. The zero-order valence-electron chi connectivity index (χ0n) is 13.8. The first-order valence-corrected chi connectivity index (χ1v) is 7.63. The summed E-state index contributed by atoms with van der Waals surface area (Å²) in [6, 6.07) is 12.7. The van der Waals surface area contributed by atoms with Crippen LogP contribution >= 0.6 is 0 Å².